The fourth-order valence-corrected chi connectivity index (χ4v) is 2.69. The number of rotatable bonds is 3. The number of allylic oxidation sites excluding steroid dienone is 2. The first kappa shape index (κ1) is 12.7. The van der Waals surface area contributed by atoms with E-state index in [1.807, 2.05) is 0 Å². The van der Waals surface area contributed by atoms with Crippen LogP contribution in [0.2, 0.25) is 19.6 Å². The number of benzene rings is 1. The first-order chi connectivity index (χ1) is 6.82. The van der Waals surface area contributed by atoms with Crippen LogP contribution in [0.15, 0.2) is 42.6 Å². The quantitative estimate of drug-likeness (QED) is 0.427. The second-order valence-electron chi connectivity index (χ2n) is 4.71. The lowest BCUT2D eigenvalue weighted by Gasteiger charge is -2.21. The van der Waals surface area contributed by atoms with Crippen molar-refractivity contribution < 1.29 is 0 Å². The van der Waals surface area contributed by atoms with Gasteiger partial charge in [0.25, 0.3) is 0 Å². The highest BCUT2D eigenvalue weighted by Gasteiger charge is 2.20. The van der Waals surface area contributed by atoms with Crippen LogP contribution in [0.5, 0.6) is 0 Å². The van der Waals surface area contributed by atoms with Gasteiger partial charge in [0.2, 0.25) is 0 Å². The van der Waals surface area contributed by atoms with Gasteiger partial charge < -0.3 is 0 Å². The van der Waals surface area contributed by atoms with E-state index in [9.17, 15) is 0 Å². The number of halogens is 1. The van der Waals surface area contributed by atoms with Crippen molar-refractivity contribution in [3.8, 4) is 0 Å². The standard InChI is InChI=1S/C13H17ISi/c1-10(11(2)15(3,4)5)12-6-8-13(14)9-7-12/h6-9H,1-2H2,3-5H3. The zero-order valence-corrected chi connectivity index (χ0v) is 12.8. The molecule has 0 unspecified atom stereocenters. The maximum absolute atomic E-state index is 4.19. The highest BCUT2D eigenvalue weighted by molar-refractivity contribution is 14.1. The summed E-state index contributed by atoms with van der Waals surface area (Å²) in [5.41, 5.74) is 2.30. The summed E-state index contributed by atoms with van der Waals surface area (Å²) >= 11 is 2.31. The Morgan fingerprint density at radius 2 is 1.53 bits per heavy atom. The van der Waals surface area contributed by atoms with Gasteiger partial charge in [-0.15, -0.1) is 0 Å². The highest BCUT2D eigenvalue weighted by atomic mass is 127. The van der Waals surface area contributed by atoms with E-state index >= 15 is 0 Å². The van der Waals surface area contributed by atoms with Crippen LogP contribution in [0.25, 0.3) is 5.57 Å². The third kappa shape index (κ3) is 3.31. The molecule has 0 aliphatic heterocycles. The van der Waals surface area contributed by atoms with Gasteiger partial charge in [0.15, 0.2) is 0 Å². The first-order valence-electron chi connectivity index (χ1n) is 4.97. The van der Waals surface area contributed by atoms with E-state index in [0.29, 0.717) is 0 Å². The lowest BCUT2D eigenvalue weighted by atomic mass is 10.1. The molecule has 0 aliphatic rings. The average Bonchev–Trinajstić information content (AvgIpc) is 2.15. The molecule has 0 heterocycles. The zero-order chi connectivity index (χ0) is 11.6. The molecule has 0 bridgehead atoms. The maximum atomic E-state index is 4.19. The van der Waals surface area contributed by atoms with Crippen molar-refractivity contribution in [2.75, 3.05) is 0 Å². The predicted octanol–water partition coefficient (Wildman–Crippen LogP) is 4.74. The van der Waals surface area contributed by atoms with Crippen molar-refractivity contribution >= 4 is 36.2 Å². The molecule has 15 heavy (non-hydrogen) atoms. The van der Waals surface area contributed by atoms with Crippen molar-refractivity contribution in [1.29, 1.82) is 0 Å². The Bertz CT molecular complexity index is 382. The molecular formula is C13H17ISi. The fourth-order valence-electron chi connectivity index (χ4n) is 1.28. The van der Waals surface area contributed by atoms with Crippen molar-refractivity contribution in [3.63, 3.8) is 0 Å². The minimum atomic E-state index is -1.32. The predicted molar refractivity (Wildman–Crippen MR) is 80.7 cm³/mol. The van der Waals surface area contributed by atoms with Crippen LogP contribution < -0.4 is 0 Å². The zero-order valence-electron chi connectivity index (χ0n) is 9.60. The molecule has 0 spiro atoms. The molecule has 0 aliphatic carbocycles. The minimum absolute atomic E-state index is 1.10. The van der Waals surface area contributed by atoms with E-state index in [2.05, 4.69) is 79.7 Å². The van der Waals surface area contributed by atoms with Gasteiger partial charge in [-0.1, -0.05) is 50.1 Å². The van der Waals surface area contributed by atoms with E-state index in [0.717, 1.165) is 5.57 Å². The Kier molecular flexibility index (Phi) is 3.95. The molecule has 0 radical (unpaired) electrons. The largest absolute Gasteiger partial charge is 0.0992 e. The molecule has 1 aromatic rings. The van der Waals surface area contributed by atoms with Crippen LogP contribution in [0.4, 0.5) is 0 Å². The summed E-state index contributed by atoms with van der Waals surface area (Å²) in [5.74, 6) is 0. The van der Waals surface area contributed by atoms with Gasteiger partial charge in [-0.25, -0.2) is 0 Å². The Labute approximate surface area is 107 Å². The van der Waals surface area contributed by atoms with Crippen molar-refractivity contribution in [2.24, 2.45) is 0 Å². The van der Waals surface area contributed by atoms with Crippen LogP contribution >= 0.6 is 22.6 Å². The summed E-state index contributed by atoms with van der Waals surface area (Å²) in [5, 5.41) is 1.24. The highest BCUT2D eigenvalue weighted by Crippen LogP contribution is 2.27. The molecule has 0 nitrogen and oxygen atoms in total. The van der Waals surface area contributed by atoms with Crippen LogP contribution in [0.3, 0.4) is 0 Å². The third-order valence-electron chi connectivity index (χ3n) is 2.46. The Hall–Kier alpha value is -0.353. The van der Waals surface area contributed by atoms with Gasteiger partial charge in [0, 0.05) is 3.57 Å². The summed E-state index contributed by atoms with van der Waals surface area (Å²) in [6.07, 6.45) is 0. The van der Waals surface area contributed by atoms with Crippen LogP contribution in [0, 0.1) is 3.57 Å². The molecule has 0 fully saturated rings. The van der Waals surface area contributed by atoms with Crippen molar-refractivity contribution in [2.45, 2.75) is 19.6 Å². The van der Waals surface area contributed by atoms with Crippen molar-refractivity contribution in [3.05, 3.63) is 51.8 Å². The van der Waals surface area contributed by atoms with E-state index < -0.39 is 8.07 Å². The van der Waals surface area contributed by atoms with Crippen LogP contribution in [-0.2, 0) is 0 Å². The fraction of sp³-hybridized carbons (Fsp3) is 0.231. The molecule has 1 aromatic carbocycles. The lowest BCUT2D eigenvalue weighted by Crippen LogP contribution is -2.23. The van der Waals surface area contributed by atoms with E-state index in [-0.39, 0.29) is 0 Å². The molecule has 0 amide bonds. The van der Waals surface area contributed by atoms with Crippen LogP contribution in [0.1, 0.15) is 5.56 Å². The second-order valence-corrected chi connectivity index (χ2v) is 11.1. The third-order valence-corrected chi connectivity index (χ3v) is 5.29. The van der Waals surface area contributed by atoms with Gasteiger partial charge in [0.05, 0.1) is 8.07 Å². The first-order valence-corrected chi connectivity index (χ1v) is 9.55. The van der Waals surface area contributed by atoms with Gasteiger partial charge >= 0.3 is 0 Å². The summed E-state index contributed by atoms with van der Waals surface area (Å²) in [7, 11) is -1.32. The molecule has 0 atom stereocenters. The van der Waals surface area contributed by atoms with E-state index in [1.54, 1.807) is 0 Å². The number of hydrogen-bond acceptors (Lipinski definition) is 0. The maximum Gasteiger partial charge on any atom is 0.0776 e. The summed E-state index contributed by atoms with van der Waals surface area (Å²) in [4.78, 5) is 0. The molecule has 0 saturated carbocycles. The Morgan fingerprint density at radius 1 is 1.07 bits per heavy atom. The molecule has 2 heteroatoms. The van der Waals surface area contributed by atoms with Crippen molar-refractivity contribution in [1.82, 2.24) is 0 Å². The molecule has 80 valence electrons. The molecule has 1 rings (SSSR count). The normalized spacial score (nSPS) is 11.2. The topological polar surface area (TPSA) is 0 Å². The monoisotopic (exact) mass is 328 g/mol. The Balaban J connectivity index is 2.96. The lowest BCUT2D eigenvalue weighted by molar-refractivity contribution is 1.56. The molecule has 0 aromatic heterocycles. The van der Waals surface area contributed by atoms with Gasteiger partial charge in [0.1, 0.15) is 0 Å². The Morgan fingerprint density at radius 3 is 1.93 bits per heavy atom. The second kappa shape index (κ2) is 4.66. The number of hydrogen-bond donors (Lipinski definition) is 0. The van der Waals surface area contributed by atoms with Crippen LogP contribution in [-0.4, -0.2) is 8.07 Å². The molecular weight excluding hydrogens is 311 g/mol. The summed E-state index contributed by atoms with van der Waals surface area (Å²) < 4.78 is 1.25. The SMILES string of the molecule is C=C(C(=C)[Si](C)(C)C)c1ccc(I)cc1. The minimum Gasteiger partial charge on any atom is -0.0992 e. The molecule has 0 N–H and O–H groups in total. The summed E-state index contributed by atoms with van der Waals surface area (Å²) in [6, 6.07) is 8.46. The smallest absolute Gasteiger partial charge is 0.0776 e. The van der Waals surface area contributed by atoms with Gasteiger partial charge in [-0.05, 0) is 45.9 Å². The summed E-state index contributed by atoms with van der Waals surface area (Å²) in [6.45, 7) is 15.2. The average molecular weight is 328 g/mol. The van der Waals surface area contributed by atoms with E-state index in [4.69, 9.17) is 0 Å². The van der Waals surface area contributed by atoms with E-state index in [1.165, 1.54) is 14.3 Å². The molecule has 0 saturated heterocycles. The van der Waals surface area contributed by atoms with Gasteiger partial charge in [-0.2, -0.15) is 0 Å². The van der Waals surface area contributed by atoms with Gasteiger partial charge in [-0.3, -0.25) is 0 Å².